The molecule has 8 heteroatoms. The van der Waals surface area contributed by atoms with E-state index in [0.29, 0.717) is 40.7 Å². The van der Waals surface area contributed by atoms with Crippen LogP contribution in [-0.2, 0) is 4.79 Å². The van der Waals surface area contributed by atoms with Gasteiger partial charge in [-0.15, -0.1) is 0 Å². The van der Waals surface area contributed by atoms with E-state index in [1.54, 1.807) is 61.7 Å². The zero-order valence-corrected chi connectivity index (χ0v) is 20.5. The molecule has 0 fully saturated rings. The number of fused-ring (bicyclic) bond motifs is 1. The van der Waals surface area contributed by atoms with E-state index in [9.17, 15) is 9.59 Å². The zero-order valence-electron chi connectivity index (χ0n) is 20.5. The Hall–Kier alpha value is -4.85. The van der Waals surface area contributed by atoms with Crippen LogP contribution in [0.3, 0.4) is 0 Å². The second-order valence-corrected chi connectivity index (χ2v) is 7.80. The summed E-state index contributed by atoms with van der Waals surface area (Å²) in [6, 6.07) is 24.8. The highest BCUT2D eigenvalue weighted by molar-refractivity contribution is 6.04. The maximum absolute atomic E-state index is 12.8. The van der Waals surface area contributed by atoms with Gasteiger partial charge in [0.1, 0.15) is 23.0 Å². The highest BCUT2D eigenvalue weighted by Crippen LogP contribution is 2.27. The van der Waals surface area contributed by atoms with Crippen molar-refractivity contribution in [3.63, 3.8) is 0 Å². The van der Waals surface area contributed by atoms with Gasteiger partial charge in [0.15, 0.2) is 6.61 Å². The van der Waals surface area contributed by atoms with Crippen molar-refractivity contribution in [2.75, 3.05) is 20.3 Å². The molecular formula is C29H26N2O6. The molecule has 1 amide bonds. The molecule has 0 saturated heterocycles. The quantitative estimate of drug-likeness (QED) is 0.143. The summed E-state index contributed by atoms with van der Waals surface area (Å²) < 4.78 is 21.7. The van der Waals surface area contributed by atoms with E-state index in [4.69, 9.17) is 18.9 Å². The van der Waals surface area contributed by atoms with Crippen LogP contribution in [0.2, 0.25) is 0 Å². The van der Waals surface area contributed by atoms with Gasteiger partial charge in [-0.3, -0.25) is 4.79 Å². The first-order valence-electron chi connectivity index (χ1n) is 11.6. The molecule has 0 aliphatic carbocycles. The lowest BCUT2D eigenvalue weighted by Gasteiger charge is -2.11. The minimum absolute atomic E-state index is 0.223. The van der Waals surface area contributed by atoms with Crippen LogP contribution < -0.4 is 24.4 Å². The Kier molecular flexibility index (Phi) is 8.33. The van der Waals surface area contributed by atoms with Crippen LogP contribution in [0.25, 0.3) is 10.8 Å². The predicted molar refractivity (Wildman–Crippen MR) is 141 cm³/mol. The fourth-order valence-corrected chi connectivity index (χ4v) is 3.53. The van der Waals surface area contributed by atoms with Crippen molar-refractivity contribution in [2.45, 2.75) is 6.92 Å². The van der Waals surface area contributed by atoms with E-state index in [-0.39, 0.29) is 6.61 Å². The molecule has 1 N–H and O–H groups in total. The maximum atomic E-state index is 12.8. The van der Waals surface area contributed by atoms with Crippen molar-refractivity contribution in [3.05, 3.63) is 96.1 Å². The number of hydrogen-bond acceptors (Lipinski definition) is 7. The van der Waals surface area contributed by atoms with Crippen molar-refractivity contribution in [2.24, 2.45) is 5.10 Å². The van der Waals surface area contributed by atoms with E-state index in [2.05, 4.69) is 10.5 Å². The standard InChI is InChI=1S/C29H26N2O6/c1-3-35-23-11-8-21(9-12-23)29(33)37-27-17-10-20-6-4-5-7-25(20)26(27)18-30-31-28(32)19-36-24-15-13-22(34-2)14-16-24/h4-18H,3,19H2,1-2H3,(H,31,32). The number of carbonyl (C=O) groups excluding carboxylic acids is 2. The van der Waals surface area contributed by atoms with Crippen LogP contribution in [-0.4, -0.2) is 38.4 Å². The van der Waals surface area contributed by atoms with Gasteiger partial charge in [-0.1, -0.05) is 30.3 Å². The molecular weight excluding hydrogens is 472 g/mol. The number of carbonyl (C=O) groups is 2. The van der Waals surface area contributed by atoms with E-state index < -0.39 is 11.9 Å². The van der Waals surface area contributed by atoms with Crippen LogP contribution >= 0.6 is 0 Å². The number of methoxy groups -OCH3 is 1. The Morgan fingerprint density at radius 1 is 0.838 bits per heavy atom. The van der Waals surface area contributed by atoms with Gasteiger partial charge in [0.05, 0.1) is 25.5 Å². The third-order valence-corrected chi connectivity index (χ3v) is 5.35. The van der Waals surface area contributed by atoms with Gasteiger partial charge in [0, 0.05) is 5.56 Å². The summed E-state index contributed by atoms with van der Waals surface area (Å²) in [5.74, 6) is 1.23. The molecule has 0 heterocycles. The summed E-state index contributed by atoms with van der Waals surface area (Å²) in [6.07, 6.45) is 1.45. The Morgan fingerprint density at radius 2 is 1.51 bits per heavy atom. The lowest BCUT2D eigenvalue weighted by Crippen LogP contribution is -2.24. The summed E-state index contributed by atoms with van der Waals surface area (Å²) in [4.78, 5) is 25.1. The fourth-order valence-electron chi connectivity index (χ4n) is 3.53. The second-order valence-electron chi connectivity index (χ2n) is 7.80. The van der Waals surface area contributed by atoms with Gasteiger partial charge in [0.2, 0.25) is 0 Å². The first kappa shape index (κ1) is 25.2. The number of hydrazone groups is 1. The number of hydrogen-bond donors (Lipinski definition) is 1. The Labute approximate surface area is 214 Å². The van der Waals surface area contributed by atoms with Crippen LogP contribution in [0.1, 0.15) is 22.8 Å². The van der Waals surface area contributed by atoms with Crippen molar-refractivity contribution in [1.29, 1.82) is 0 Å². The molecule has 188 valence electrons. The van der Waals surface area contributed by atoms with Gasteiger partial charge in [-0.2, -0.15) is 5.10 Å². The first-order chi connectivity index (χ1) is 18.1. The second kappa shape index (κ2) is 12.2. The minimum Gasteiger partial charge on any atom is -0.497 e. The average molecular weight is 499 g/mol. The van der Waals surface area contributed by atoms with Crippen LogP contribution in [0.4, 0.5) is 0 Å². The largest absolute Gasteiger partial charge is 0.497 e. The van der Waals surface area contributed by atoms with Gasteiger partial charge >= 0.3 is 5.97 Å². The van der Waals surface area contributed by atoms with Crippen molar-refractivity contribution >= 4 is 28.9 Å². The molecule has 37 heavy (non-hydrogen) atoms. The molecule has 0 atom stereocenters. The van der Waals surface area contributed by atoms with E-state index >= 15 is 0 Å². The molecule has 4 rings (SSSR count). The summed E-state index contributed by atoms with van der Waals surface area (Å²) in [5, 5.41) is 5.81. The number of nitrogens with one attached hydrogen (secondary N) is 1. The normalized spacial score (nSPS) is 10.8. The fraction of sp³-hybridized carbons (Fsp3) is 0.138. The van der Waals surface area contributed by atoms with Gasteiger partial charge < -0.3 is 18.9 Å². The Balaban J connectivity index is 1.46. The van der Waals surface area contributed by atoms with Crippen molar-refractivity contribution in [1.82, 2.24) is 5.43 Å². The molecule has 0 unspecified atom stereocenters. The van der Waals surface area contributed by atoms with Crippen molar-refractivity contribution in [3.8, 4) is 23.0 Å². The number of amides is 1. The lowest BCUT2D eigenvalue weighted by atomic mass is 10.0. The summed E-state index contributed by atoms with van der Waals surface area (Å²) >= 11 is 0. The third kappa shape index (κ3) is 6.64. The molecule has 0 saturated carbocycles. The lowest BCUT2D eigenvalue weighted by molar-refractivity contribution is -0.123. The van der Waals surface area contributed by atoms with Crippen LogP contribution in [0.5, 0.6) is 23.0 Å². The number of ether oxygens (including phenoxy) is 4. The van der Waals surface area contributed by atoms with E-state index in [1.165, 1.54) is 6.21 Å². The molecule has 8 nitrogen and oxygen atoms in total. The number of esters is 1. The molecule has 0 bridgehead atoms. The number of nitrogens with zero attached hydrogens (tertiary/aromatic N) is 1. The van der Waals surface area contributed by atoms with Crippen LogP contribution in [0, 0.1) is 0 Å². The monoisotopic (exact) mass is 498 g/mol. The van der Waals surface area contributed by atoms with Gasteiger partial charge in [0.25, 0.3) is 5.91 Å². The topological polar surface area (TPSA) is 95.5 Å². The molecule has 4 aromatic rings. The first-order valence-corrected chi connectivity index (χ1v) is 11.6. The number of benzene rings is 4. The number of rotatable bonds is 10. The van der Waals surface area contributed by atoms with E-state index in [1.807, 2.05) is 37.3 Å². The molecule has 0 aromatic heterocycles. The van der Waals surface area contributed by atoms with Crippen LogP contribution in [0.15, 0.2) is 90.0 Å². The van der Waals surface area contributed by atoms with Gasteiger partial charge in [-0.25, -0.2) is 10.2 Å². The SMILES string of the molecule is CCOc1ccc(C(=O)Oc2ccc3ccccc3c2C=NNC(=O)COc2ccc(OC)cc2)cc1. The smallest absolute Gasteiger partial charge is 0.343 e. The average Bonchev–Trinajstić information content (AvgIpc) is 2.93. The molecule has 4 aromatic carbocycles. The Morgan fingerprint density at radius 3 is 2.24 bits per heavy atom. The minimum atomic E-state index is -0.523. The third-order valence-electron chi connectivity index (χ3n) is 5.35. The highest BCUT2D eigenvalue weighted by atomic mass is 16.5. The molecule has 0 radical (unpaired) electrons. The predicted octanol–water partition coefficient (Wildman–Crippen LogP) is 5.00. The highest BCUT2D eigenvalue weighted by Gasteiger charge is 2.14. The van der Waals surface area contributed by atoms with Gasteiger partial charge in [-0.05, 0) is 72.3 Å². The summed E-state index contributed by atoms with van der Waals surface area (Å²) in [7, 11) is 1.57. The Bertz CT molecular complexity index is 1400. The summed E-state index contributed by atoms with van der Waals surface area (Å²) in [5.41, 5.74) is 3.37. The van der Waals surface area contributed by atoms with Crippen molar-refractivity contribution < 1.29 is 28.5 Å². The molecule has 0 spiro atoms. The molecule has 0 aliphatic rings. The van der Waals surface area contributed by atoms with E-state index in [0.717, 1.165) is 10.8 Å². The zero-order chi connectivity index (χ0) is 26.0. The summed E-state index contributed by atoms with van der Waals surface area (Å²) in [6.45, 7) is 2.20. The molecule has 0 aliphatic heterocycles. The maximum Gasteiger partial charge on any atom is 0.343 e.